The first kappa shape index (κ1) is 14.4. The van der Waals surface area contributed by atoms with Crippen molar-refractivity contribution in [1.29, 1.82) is 0 Å². The fourth-order valence-electron chi connectivity index (χ4n) is 1.62. The molecular formula is C12H24O3. The number of carbonyl (C=O) groups is 1. The van der Waals surface area contributed by atoms with Gasteiger partial charge < -0.3 is 9.84 Å². The standard InChI is InChI=1S/C12H24O3/c1-5-10(4)8-12(14,6-2)9-11(13)15-7-3/h10,14H,5-9H2,1-4H3. The lowest BCUT2D eigenvalue weighted by atomic mass is 9.85. The summed E-state index contributed by atoms with van der Waals surface area (Å²) in [6.07, 6.45) is 2.39. The molecule has 0 aliphatic rings. The van der Waals surface area contributed by atoms with E-state index in [4.69, 9.17) is 4.74 Å². The molecule has 0 radical (unpaired) electrons. The van der Waals surface area contributed by atoms with Crippen LogP contribution in [0.4, 0.5) is 0 Å². The molecule has 0 rings (SSSR count). The molecule has 0 spiro atoms. The van der Waals surface area contributed by atoms with Gasteiger partial charge in [-0.2, -0.15) is 0 Å². The van der Waals surface area contributed by atoms with Gasteiger partial charge in [-0.15, -0.1) is 0 Å². The van der Waals surface area contributed by atoms with Gasteiger partial charge in [0.1, 0.15) is 0 Å². The molecule has 0 aromatic carbocycles. The summed E-state index contributed by atoms with van der Waals surface area (Å²) >= 11 is 0. The maximum Gasteiger partial charge on any atom is 0.308 e. The van der Waals surface area contributed by atoms with Crippen molar-refractivity contribution in [3.63, 3.8) is 0 Å². The van der Waals surface area contributed by atoms with Crippen LogP contribution in [0.1, 0.15) is 53.4 Å². The van der Waals surface area contributed by atoms with Crippen molar-refractivity contribution < 1.29 is 14.6 Å². The lowest BCUT2D eigenvalue weighted by molar-refractivity contribution is -0.149. The van der Waals surface area contributed by atoms with Crippen LogP contribution in [-0.4, -0.2) is 23.3 Å². The molecule has 90 valence electrons. The van der Waals surface area contributed by atoms with Crippen LogP contribution in [-0.2, 0) is 9.53 Å². The Balaban J connectivity index is 4.23. The third-order valence-corrected chi connectivity index (χ3v) is 2.86. The molecular weight excluding hydrogens is 192 g/mol. The molecule has 0 aliphatic carbocycles. The Bertz CT molecular complexity index is 191. The SMILES string of the molecule is CCOC(=O)CC(O)(CC)CC(C)CC. The molecule has 1 N–H and O–H groups in total. The van der Waals surface area contributed by atoms with Crippen molar-refractivity contribution >= 4 is 5.97 Å². The van der Waals surface area contributed by atoms with Crippen molar-refractivity contribution in [1.82, 2.24) is 0 Å². The summed E-state index contributed by atoms with van der Waals surface area (Å²) in [5.74, 6) is 0.134. The monoisotopic (exact) mass is 216 g/mol. The summed E-state index contributed by atoms with van der Waals surface area (Å²) in [4.78, 5) is 11.3. The first-order chi connectivity index (χ1) is 6.97. The molecule has 0 amide bonds. The molecule has 2 unspecified atom stereocenters. The van der Waals surface area contributed by atoms with E-state index in [9.17, 15) is 9.90 Å². The van der Waals surface area contributed by atoms with Crippen LogP contribution in [0.2, 0.25) is 0 Å². The highest BCUT2D eigenvalue weighted by Gasteiger charge is 2.30. The van der Waals surface area contributed by atoms with Gasteiger partial charge in [0.15, 0.2) is 0 Å². The summed E-state index contributed by atoms with van der Waals surface area (Å²) in [7, 11) is 0. The topological polar surface area (TPSA) is 46.5 Å². The zero-order valence-electron chi connectivity index (χ0n) is 10.4. The Morgan fingerprint density at radius 1 is 1.40 bits per heavy atom. The number of ether oxygens (including phenoxy) is 1. The van der Waals surface area contributed by atoms with Gasteiger partial charge in [0.2, 0.25) is 0 Å². The molecule has 15 heavy (non-hydrogen) atoms. The molecule has 0 fully saturated rings. The fraction of sp³-hybridized carbons (Fsp3) is 0.917. The first-order valence-corrected chi connectivity index (χ1v) is 5.85. The predicted molar refractivity (Wildman–Crippen MR) is 60.6 cm³/mol. The average Bonchev–Trinajstić information content (AvgIpc) is 2.17. The molecule has 0 saturated heterocycles. The van der Waals surface area contributed by atoms with E-state index in [-0.39, 0.29) is 12.4 Å². The number of rotatable bonds is 7. The van der Waals surface area contributed by atoms with Gasteiger partial charge in [-0.25, -0.2) is 0 Å². The van der Waals surface area contributed by atoms with Crippen molar-refractivity contribution in [2.45, 2.75) is 59.0 Å². The summed E-state index contributed by atoms with van der Waals surface area (Å²) in [6.45, 7) is 8.23. The first-order valence-electron chi connectivity index (χ1n) is 5.85. The quantitative estimate of drug-likeness (QED) is 0.665. The number of esters is 1. The van der Waals surface area contributed by atoms with Crippen LogP contribution < -0.4 is 0 Å². The highest BCUT2D eigenvalue weighted by atomic mass is 16.5. The van der Waals surface area contributed by atoms with Crippen molar-refractivity contribution in [3.05, 3.63) is 0 Å². The summed E-state index contributed by atoms with van der Waals surface area (Å²) in [5, 5.41) is 10.2. The number of hydrogen-bond donors (Lipinski definition) is 1. The largest absolute Gasteiger partial charge is 0.466 e. The van der Waals surface area contributed by atoms with Crippen LogP contribution in [0.5, 0.6) is 0 Å². The lowest BCUT2D eigenvalue weighted by Crippen LogP contribution is -2.33. The van der Waals surface area contributed by atoms with Gasteiger partial charge in [0.05, 0.1) is 18.6 Å². The van der Waals surface area contributed by atoms with E-state index in [1.54, 1.807) is 6.92 Å². The minimum absolute atomic E-state index is 0.113. The van der Waals surface area contributed by atoms with Crippen LogP contribution in [0, 0.1) is 5.92 Å². The van der Waals surface area contributed by atoms with Crippen molar-refractivity contribution in [2.75, 3.05) is 6.61 Å². The molecule has 0 saturated carbocycles. The minimum atomic E-state index is -0.887. The normalized spacial score (nSPS) is 16.9. The van der Waals surface area contributed by atoms with E-state index in [2.05, 4.69) is 13.8 Å². The minimum Gasteiger partial charge on any atom is -0.466 e. The van der Waals surface area contributed by atoms with E-state index in [1.807, 2.05) is 6.92 Å². The second kappa shape index (κ2) is 6.83. The molecule has 0 heterocycles. The van der Waals surface area contributed by atoms with Gasteiger partial charge in [0, 0.05) is 0 Å². The van der Waals surface area contributed by atoms with E-state index in [0.29, 0.717) is 25.4 Å². The Morgan fingerprint density at radius 2 is 2.00 bits per heavy atom. The van der Waals surface area contributed by atoms with Gasteiger partial charge in [-0.05, 0) is 25.7 Å². The third kappa shape index (κ3) is 5.78. The maximum absolute atomic E-state index is 11.3. The second-order valence-corrected chi connectivity index (χ2v) is 4.28. The zero-order chi connectivity index (χ0) is 11.9. The number of hydrogen-bond acceptors (Lipinski definition) is 3. The molecule has 0 aromatic heterocycles. The van der Waals surface area contributed by atoms with Crippen LogP contribution in [0.3, 0.4) is 0 Å². The van der Waals surface area contributed by atoms with Gasteiger partial charge in [-0.1, -0.05) is 27.2 Å². The molecule has 0 aromatic rings. The van der Waals surface area contributed by atoms with Crippen molar-refractivity contribution in [2.24, 2.45) is 5.92 Å². The summed E-state index contributed by atoms with van der Waals surface area (Å²) < 4.78 is 4.86. The van der Waals surface area contributed by atoms with Crippen LogP contribution >= 0.6 is 0 Å². The fourth-order valence-corrected chi connectivity index (χ4v) is 1.62. The van der Waals surface area contributed by atoms with Gasteiger partial charge in [-0.3, -0.25) is 4.79 Å². The van der Waals surface area contributed by atoms with E-state index in [1.165, 1.54) is 0 Å². The Morgan fingerprint density at radius 3 is 2.40 bits per heavy atom. The van der Waals surface area contributed by atoms with E-state index < -0.39 is 5.60 Å². The van der Waals surface area contributed by atoms with Crippen LogP contribution in [0.15, 0.2) is 0 Å². The Hall–Kier alpha value is -0.570. The van der Waals surface area contributed by atoms with Crippen LogP contribution in [0.25, 0.3) is 0 Å². The summed E-state index contributed by atoms with van der Waals surface area (Å²) in [5.41, 5.74) is -0.887. The highest BCUT2D eigenvalue weighted by molar-refractivity contribution is 5.70. The zero-order valence-corrected chi connectivity index (χ0v) is 10.4. The maximum atomic E-state index is 11.3. The average molecular weight is 216 g/mol. The second-order valence-electron chi connectivity index (χ2n) is 4.28. The van der Waals surface area contributed by atoms with E-state index >= 15 is 0 Å². The smallest absolute Gasteiger partial charge is 0.308 e. The molecule has 0 aliphatic heterocycles. The number of aliphatic hydroxyl groups is 1. The number of carbonyl (C=O) groups excluding carboxylic acids is 1. The molecule has 3 nitrogen and oxygen atoms in total. The predicted octanol–water partition coefficient (Wildman–Crippen LogP) is 2.52. The molecule has 0 bridgehead atoms. The van der Waals surface area contributed by atoms with Gasteiger partial charge in [0.25, 0.3) is 0 Å². The third-order valence-electron chi connectivity index (χ3n) is 2.86. The van der Waals surface area contributed by atoms with Gasteiger partial charge >= 0.3 is 5.97 Å². The van der Waals surface area contributed by atoms with Crippen molar-refractivity contribution in [3.8, 4) is 0 Å². The highest BCUT2D eigenvalue weighted by Crippen LogP contribution is 2.26. The lowest BCUT2D eigenvalue weighted by Gasteiger charge is -2.28. The molecule has 2 atom stereocenters. The molecule has 3 heteroatoms. The Kier molecular flexibility index (Phi) is 6.57. The Labute approximate surface area is 92.8 Å². The summed E-state index contributed by atoms with van der Waals surface area (Å²) in [6, 6.07) is 0. The van der Waals surface area contributed by atoms with E-state index in [0.717, 1.165) is 6.42 Å².